The molecule has 0 bridgehead atoms. The Morgan fingerprint density at radius 2 is 2.20 bits per heavy atom. The summed E-state index contributed by atoms with van der Waals surface area (Å²) < 4.78 is 0.920. The van der Waals surface area contributed by atoms with Crippen LogP contribution in [0.2, 0.25) is 0 Å². The Hall–Kier alpha value is -1.61. The van der Waals surface area contributed by atoms with E-state index >= 15 is 0 Å². The van der Waals surface area contributed by atoms with Crippen LogP contribution in [0.4, 0.5) is 4.79 Å². The second kappa shape index (κ2) is 7.25. The number of nitrogens with two attached hydrogens (primary N) is 1. The van der Waals surface area contributed by atoms with E-state index in [-0.39, 0.29) is 0 Å². The first kappa shape index (κ1) is 16.4. The smallest absolute Gasteiger partial charge is 0.326 e. The van der Waals surface area contributed by atoms with E-state index in [4.69, 9.17) is 10.8 Å². The maximum absolute atomic E-state index is 11.8. The van der Waals surface area contributed by atoms with Crippen molar-refractivity contribution in [3.8, 4) is 0 Å². The van der Waals surface area contributed by atoms with Gasteiger partial charge in [-0.15, -0.1) is 11.3 Å². The molecule has 0 aliphatic heterocycles. The van der Waals surface area contributed by atoms with Gasteiger partial charge >= 0.3 is 12.0 Å². The topological polar surface area (TPSA) is 113 Å². The van der Waals surface area contributed by atoms with Crippen molar-refractivity contribution >= 4 is 45.2 Å². The zero-order chi connectivity index (χ0) is 15.3. The van der Waals surface area contributed by atoms with E-state index in [9.17, 15) is 14.4 Å². The lowest BCUT2D eigenvalue weighted by atomic mass is 10.2. The molecule has 0 aromatic carbocycles. The Kier molecular flexibility index (Phi) is 5.96. The minimum Gasteiger partial charge on any atom is -0.480 e. The lowest BCUT2D eigenvalue weighted by Gasteiger charge is -2.20. The molecule has 0 saturated carbocycles. The molecule has 4 N–H and O–H groups in total. The van der Waals surface area contributed by atoms with Gasteiger partial charge in [0.05, 0.1) is 13.0 Å². The zero-order valence-corrected chi connectivity index (χ0v) is 13.0. The third-order valence-electron chi connectivity index (χ3n) is 2.36. The molecular weight excluding hydrogens is 350 g/mol. The third kappa shape index (κ3) is 5.17. The van der Waals surface area contributed by atoms with Gasteiger partial charge in [-0.3, -0.25) is 4.79 Å². The summed E-state index contributed by atoms with van der Waals surface area (Å²) in [6.07, 6.45) is -0.445. The number of urea groups is 1. The van der Waals surface area contributed by atoms with Crippen molar-refractivity contribution in [2.75, 3.05) is 7.05 Å². The highest BCUT2D eigenvalue weighted by Crippen LogP contribution is 2.20. The molecule has 0 spiro atoms. The van der Waals surface area contributed by atoms with Crippen LogP contribution in [0.3, 0.4) is 0 Å². The molecule has 1 atom stereocenters. The van der Waals surface area contributed by atoms with Crippen LogP contribution in [0, 0.1) is 0 Å². The predicted molar refractivity (Wildman–Crippen MR) is 77.3 cm³/mol. The van der Waals surface area contributed by atoms with Gasteiger partial charge in [-0.1, -0.05) is 0 Å². The standard InChI is InChI=1S/C11H14BrN3O4S/c1-15(4-7-2-6(12)5-20-7)11(19)14-8(10(17)18)3-9(13)16/h2,5,8H,3-4H2,1H3,(H2,13,16)(H,14,19)(H,17,18). The molecule has 0 saturated heterocycles. The molecule has 9 heteroatoms. The highest BCUT2D eigenvalue weighted by Gasteiger charge is 2.23. The normalized spacial score (nSPS) is 11.7. The molecule has 0 aliphatic carbocycles. The van der Waals surface area contributed by atoms with E-state index in [1.807, 2.05) is 11.4 Å². The fourth-order valence-electron chi connectivity index (χ4n) is 1.40. The van der Waals surface area contributed by atoms with Gasteiger partial charge in [-0.25, -0.2) is 9.59 Å². The summed E-state index contributed by atoms with van der Waals surface area (Å²) >= 11 is 4.78. The van der Waals surface area contributed by atoms with Crippen LogP contribution in [0.5, 0.6) is 0 Å². The number of amides is 3. The van der Waals surface area contributed by atoms with Crippen LogP contribution in [0.15, 0.2) is 15.9 Å². The highest BCUT2D eigenvalue weighted by atomic mass is 79.9. The Balaban J connectivity index is 2.59. The zero-order valence-electron chi connectivity index (χ0n) is 10.6. The summed E-state index contributed by atoms with van der Waals surface area (Å²) in [5.74, 6) is -2.09. The van der Waals surface area contributed by atoms with Crippen molar-refractivity contribution in [1.29, 1.82) is 0 Å². The minimum absolute atomic E-state index is 0.338. The second-order valence-corrected chi connectivity index (χ2v) is 6.01. The van der Waals surface area contributed by atoms with E-state index in [0.717, 1.165) is 9.35 Å². The molecule has 0 aliphatic rings. The number of thiophene rings is 1. The largest absolute Gasteiger partial charge is 0.480 e. The summed E-state index contributed by atoms with van der Waals surface area (Å²) in [5.41, 5.74) is 4.94. The number of primary amides is 1. The third-order valence-corrected chi connectivity index (χ3v) is 4.04. The Morgan fingerprint density at radius 3 is 2.65 bits per heavy atom. The number of halogens is 1. The second-order valence-electron chi connectivity index (χ2n) is 4.10. The lowest BCUT2D eigenvalue weighted by Crippen LogP contribution is -2.47. The SMILES string of the molecule is CN(Cc1cc(Br)cs1)C(=O)NC(CC(N)=O)C(=O)O. The monoisotopic (exact) mass is 363 g/mol. The summed E-state index contributed by atoms with van der Waals surface area (Å²) in [6.45, 7) is 0.338. The van der Waals surface area contributed by atoms with Gasteiger partial charge in [0.2, 0.25) is 5.91 Å². The average molecular weight is 364 g/mol. The first-order chi connectivity index (χ1) is 9.29. The van der Waals surface area contributed by atoms with E-state index in [2.05, 4.69) is 21.2 Å². The molecule has 7 nitrogen and oxygen atoms in total. The van der Waals surface area contributed by atoms with Crippen LogP contribution in [0.25, 0.3) is 0 Å². The molecular formula is C11H14BrN3O4S. The number of nitrogens with zero attached hydrogens (tertiary/aromatic N) is 1. The van der Waals surface area contributed by atoms with Crippen LogP contribution in [-0.2, 0) is 16.1 Å². The average Bonchev–Trinajstić information content (AvgIpc) is 2.72. The van der Waals surface area contributed by atoms with Crippen molar-refractivity contribution in [3.05, 3.63) is 20.8 Å². The Morgan fingerprint density at radius 1 is 1.55 bits per heavy atom. The van der Waals surface area contributed by atoms with Crippen molar-refractivity contribution in [2.45, 2.75) is 19.0 Å². The van der Waals surface area contributed by atoms with Crippen LogP contribution >= 0.6 is 27.3 Å². The number of hydrogen-bond acceptors (Lipinski definition) is 4. The van der Waals surface area contributed by atoms with Gasteiger partial charge in [0.15, 0.2) is 0 Å². The highest BCUT2D eigenvalue weighted by molar-refractivity contribution is 9.10. The first-order valence-electron chi connectivity index (χ1n) is 5.55. The molecule has 1 heterocycles. The van der Waals surface area contributed by atoms with Crippen molar-refractivity contribution in [1.82, 2.24) is 10.2 Å². The maximum Gasteiger partial charge on any atom is 0.326 e. The number of carbonyl (C=O) groups is 3. The number of carboxylic acid groups (broad SMARTS) is 1. The van der Waals surface area contributed by atoms with Gasteiger partial charge in [0.1, 0.15) is 6.04 Å². The summed E-state index contributed by atoms with van der Waals surface area (Å²) in [6, 6.07) is -0.0345. The van der Waals surface area contributed by atoms with Crippen molar-refractivity contribution in [2.24, 2.45) is 5.73 Å². The molecule has 1 unspecified atom stereocenters. The number of rotatable bonds is 6. The summed E-state index contributed by atoms with van der Waals surface area (Å²) in [4.78, 5) is 35.8. The number of carboxylic acids is 1. The molecule has 20 heavy (non-hydrogen) atoms. The Bertz CT molecular complexity index is 520. The number of hydrogen-bond donors (Lipinski definition) is 3. The number of aliphatic carboxylic acids is 1. The number of nitrogens with one attached hydrogen (secondary N) is 1. The Labute approximate surface area is 127 Å². The van der Waals surface area contributed by atoms with Gasteiger partial charge in [0, 0.05) is 21.8 Å². The first-order valence-corrected chi connectivity index (χ1v) is 7.22. The van der Waals surface area contributed by atoms with Crippen molar-refractivity contribution in [3.63, 3.8) is 0 Å². The number of carbonyl (C=O) groups excluding carboxylic acids is 2. The summed E-state index contributed by atoms with van der Waals surface area (Å²) in [5, 5.41) is 13.0. The van der Waals surface area contributed by atoms with E-state index in [1.54, 1.807) is 0 Å². The van der Waals surface area contributed by atoms with Gasteiger partial charge in [-0.05, 0) is 22.0 Å². The van der Waals surface area contributed by atoms with Gasteiger partial charge in [-0.2, -0.15) is 0 Å². The fraction of sp³-hybridized carbons (Fsp3) is 0.364. The van der Waals surface area contributed by atoms with Crippen LogP contribution in [0.1, 0.15) is 11.3 Å². The molecule has 1 aromatic heterocycles. The van der Waals surface area contributed by atoms with Gasteiger partial charge < -0.3 is 21.1 Å². The lowest BCUT2D eigenvalue weighted by molar-refractivity contribution is -0.140. The van der Waals surface area contributed by atoms with Gasteiger partial charge in [0.25, 0.3) is 0 Å². The molecule has 1 aromatic rings. The van der Waals surface area contributed by atoms with E-state index in [1.165, 1.54) is 23.3 Å². The van der Waals surface area contributed by atoms with Crippen LogP contribution in [-0.4, -0.2) is 41.0 Å². The molecule has 1 rings (SSSR count). The quantitative estimate of drug-likeness (QED) is 0.698. The maximum atomic E-state index is 11.8. The molecule has 0 radical (unpaired) electrons. The van der Waals surface area contributed by atoms with E-state index < -0.39 is 30.4 Å². The minimum atomic E-state index is -1.32. The predicted octanol–water partition coefficient (Wildman–Crippen LogP) is 0.981. The molecule has 110 valence electrons. The van der Waals surface area contributed by atoms with Crippen molar-refractivity contribution < 1.29 is 19.5 Å². The molecule has 0 fully saturated rings. The molecule has 3 amide bonds. The fourth-order valence-corrected chi connectivity index (χ4v) is 2.91. The summed E-state index contributed by atoms with van der Waals surface area (Å²) in [7, 11) is 1.53. The van der Waals surface area contributed by atoms with Crippen LogP contribution < -0.4 is 11.1 Å². The van der Waals surface area contributed by atoms with E-state index in [0.29, 0.717) is 6.54 Å².